The summed E-state index contributed by atoms with van der Waals surface area (Å²) in [6.45, 7) is 7.87. The average Bonchev–Trinajstić information content (AvgIpc) is 2.33. The van der Waals surface area contributed by atoms with E-state index in [9.17, 15) is 0 Å². The van der Waals surface area contributed by atoms with Crippen molar-refractivity contribution in [3.63, 3.8) is 0 Å². The van der Waals surface area contributed by atoms with Crippen molar-refractivity contribution >= 4 is 5.69 Å². The third-order valence-electron chi connectivity index (χ3n) is 4.16. The van der Waals surface area contributed by atoms with Gasteiger partial charge in [0.05, 0.1) is 0 Å². The van der Waals surface area contributed by atoms with Crippen molar-refractivity contribution in [2.24, 2.45) is 5.73 Å². The SMILES string of the molecule is CCc1ccccc1N1CCCC(N)C1(C)C. The minimum atomic E-state index is 0.0591. The zero-order valence-electron chi connectivity index (χ0n) is 11.2. The van der Waals surface area contributed by atoms with Crippen LogP contribution in [0, 0.1) is 0 Å². The van der Waals surface area contributed by atoms with Crippen LogP contribution in [-0.4, -0.2) is 18.1 Å². The van der Waals surface area contributed by atoms with Gasteiger partial charge in [-0.1, -0.05) is 25.1 Å². The predicted molar refractivity (Wildman–Crippen MR) is 74.5 cm³/mol. The van der Waals surface area contributed by atoms with Crippen molar-refractivity contribution in [1.29, 1.82) is 0 Å². The van der Waals surface area contributed by atoms with Gasteiger partial charge in [-0.15, -0.1) is 0 Å². The summed E-state index contributed by atoms with van der Waals surface area (Å²) < 4.78 is 0. The van der Waals surface area contributed by atoms with E-state index < -0.39 is 0 Å². The van der Waals surface area contributed by atoms with Crippen molar-refractivity contribution in [2.75, 3.05) is 11.4 Å². The standard InChI is InChI=1S/C15H24N2/c1-4-12-8-5-6-9-13(12)17-11-7-10-14(16)15(17,2)3/h5-6,8-9,14H,4,7,10-11,16H2,1-3H3. The van der Waals surface area contributed by atoms with E-state index in [4.69, 9.17) is 5.73 Å². The second-order valence-electron chi connectivity index (χ2n) is 5.54. The number of para-hydroxylation sites is 1. The molecule has 1 unspecified atom stereocenters. The summed E-state index contributed by atoms with van der Waals surface area (Å²) in [6, 6.07) is 8.98. The van der Waals surface area contributed by atoms with Crippen LogP contribution in [-0.2, 0) is 6.42 Å². The summed E-state index contributed by atoms with van der Waals surface area (Å²) in [5.74, 6) is 0. The summed E-state index contributed by atoms with van der Waals surface area (Å²) in [5, 5.41) is 0. The Labute approximate surface area is 105 Å². The second kappa shape index (κ2) is 4.69. The Morgan fingerprint density at radius 3 is 2.76 bits per heavy atom. The minimum Gasteiger partial charge on any atom is -0.365 e. The van der Waals surface area contributed by atoms with Gasteiger partial charge in [0.25, 0.3) is 0 Å². The number of benzene rings is 1. The predicted octanol–water partition coefficient (Wildman–Crippen LogP) is 2.96. The van der Waals surface area contributed by atoms with Crippen LogP contribution in [0.1, 0.15) is 39.2 Å². The minimum absolute atomic E-state index is 0.0591. The van der Waals surface area contributed by atoms with E-state index in [0.29, 0.717) is 0 Å². The van der Waals surface area contributed by atoms with Gasteiger partial charge < -0.3 is 10.6 Å². The lowest BCUT2D eigenvalue weighted by Gasteiger charge is -2.48. The van der Waals surface area contributed by atoms with Gasteiger partial charge in [-0.05, 0) is 44.7 Å². The average molecular weight is 232 g/mol. The molecule has 1 atom stereocenters. The summed E-state index contributed by atoms with van der Waals surface area (Å²) in [5.41, 5.74) is 9.15. The fourth-order valence-corrected chi connectivity index (χ4v) is 2.81. The van der Waals surface area contributed by atoms with Crippen LogP contribution >= 0.6 is 0 Å². The van der Waals surface area contributed by atoms with E-state index in [2.05, 4.69) is 49.9 Å². The molecule has 1 aromatic rings. The molecule has 0 bridgehead atoms. The lowest BCUT2D eigenvalue weighted by Crippen LogP contribution is -2.60. The van der Waals surface area contributed by atoms with Gasteiger partial charge in [0.15, 0.2) is 0 Å². The highest BCUT2D eigenvalue weighted by Crippen LogP contribution is 2.34. The molecule has 1 aliphatic heterocycles. The van der Waals surface area contributed by atoms with Crippen LogP contribution < -0.4 is 10.6 Å². The maximum atomic E-state index is 6.29. The Hall–Kier alpha value is -1.02. The molecule has 0 aliphatic carbocycles. The number of anilines is 1. The van der Waals surface area contributed by atoms with Crippen LogP contribution in [0.5, 0.6) is 0 Å². The molecule has 2 N–H and O–H groups in total. The molecule has 94 valence electrons. The van der Waals surface area contributed by atoms with Gasteiger partial charge in [-0.2, -0.15) is 0 Å². The van der Waals surface area contributed by atoms with Gasteiger partial charge in [-0.25, -0.2) is 0 Å². The molecule has 0 saturated carbocycles. The number of nitrogens with zero attached hydrogens (tertiary/aromatic N) is 1. The van der Waals surface area contributed by atoms with Gasteiger partial charge >= 0.3 is 0 Å². The zero-order valence-corrected chi connectivity index (χ0v) is 11.2. The Morgan fingerprint density at radius 1 is 1.35 bits per heavy atom. The van der Waals surface area contributed by atoms with Gasteiger partial charge in [0, 0.05) is 23.8 Å². The third-order valence-corrected chi connectivity index (χ3v) is 4.16. The highest BCUT2D eigenvalue weighted by Gasteiger charge is 2.36. The first kappa shape index (κ1) is 12.4. The third kappa shape index (κ3) is 2.19. The fourth-order valence-electron chi connectivity index (χ4n) is 2.81. The molecule has 1 heterocycles. The number of hydrogen-bond acceptors (Lipinski definition) is 2. The van der Waals surface area contributed by atoms with E-state index in [1.54, 1.807) is 0 Å². The zero-order chi connectivity index (χ0) is 12.5. The first-order valence-electron chi connectivity index (χ1n) is 6.68. The molecule has 0 amide bonds. The molecule has 0 radical (unpaired) electrons. The van der Waals surface area contributed by atoms with E-state index in [1.165, 1.54) is 17.7 Å². The monoisotopic (exact) mass is 232 g/mol. The summed E-state index contributed by atoms with van der Waals surface area (Å²) in [4.78, 5) is 2.50. The van der Waals surface area contributed by atoms with Crippen LogP contribution in [0.3, 0.4) is 0 Å². The molecular formula is C15H24N2. The molecule has 1 fully saturated rings. The summed E-state index contributed by atoms with van der Waals surface area (Å²) in [6.07, 6.45) is 3.42. The molecule has 17 heavy (non-hydrogen) atoms. The number of hydrogen-bond donors (Lipinski definition) is 1. The topological polar surface area (TPSA) is 29.3 Å². The first-order chi connectivity index (χ1) is 8.07. The van der Waals surface area contributed by atoms with Crippen LogP contribution in [0.2, 0.25) is 0 Å². The van der Waals surface area contributed by atoms with Crippen molar-refractivity contribution in [1.82, 2.24) is 0 Å². The second-order valence-corrected chi connectivity index (χ2v) is 5.54. The maximum Gasteiger partial charge on any atom is 0.0496 e. The van der Waals surface area contributed by atoms with E-state index in [-0.39, 0.29) is 11.6 Å². The molecule has 0 spiro atoms. The molecule has 2 rings (SSSR count). The molecule has 1 saturated heterocycles. The Bertz CT molecular complexity index is 384. The van der Waals surface area contributed by atoms with E-state index in [1.807, 2.05) is 0 Å². The maximum absolute atomic E-state index is 6.29. The lowest BCUT2D eigenvalue weighted by atomic mass is 9.84. The summed E-state index contributed by atoms with van der Waals surface area (Å²) in [7, 11) is 0. The van der Waals surface area contributed by atoms with Gasteiger partial charge in [0.2, 0.25) is 0 Å². The molecule has 1 aliphatic rings. The normalized spacial score (nSPS) is 23.8. The lowest BCUT2D eigenvalue weighted by molar-refractivity contribution is 0.309. The number of piperidine rings is 1. The van der Waals surface area contributed by atoms with Crippen molar-refractivity contribution in [3.8, 4) is 0 Å². The number of rotatable bonds is 2. The largest absolute Gasteiger partial charge is 0.365 e. The highest BCUT2D eigenvalue weighted by atomic mass is 15.2. The fraction of sp³-hybridized carbons (Fsp3) is 0.600. The van der Waals surface area contributed by atoms with Crippen LogP contribution in [0.25, 0.3) is 0 Å². The van der Waals surface area contributed by atoms with Crippen molar-refractivity contribution < 1.29 is 0 Å². The Kier molecular flexibility index (Phi) is 3.43. The molecule has 0 aromatic heterocycles. The van der Waals surface area contributed by atoms with Crippen molar-refractivity contribution in [2.45, 2.75) is 51.6 Å². The Morgan fingerprint density at radius 2 is 2.06 bits per heavy atom. The summed E-state index contributed by atoms with van der Waals surface area (Å²) >= 11 is 0. The smallest absolute Gasteiger partial charge is 0.0496 e. The van der Waals surface area contributed by atoms with Crippen LogP contribution in [0.4, 0.5) is 5.69 Å². The van der Waals surface area contributed by atoms with Crippen molar-refractivity contribution in [3.05, 3.63) is 29.8 Å². The quantitative estimate of drug-likeness (QED) is 0.849. The molecular weight excluding hydrogens is 208 g/mol. The van der Waals surface area contributed by atoms with Crippen LogP contribution in [0.15, 0.2) is 24.3 Å². The molecule has 2 nitrogen and oxygen atoms in total. The van der Waals surface area contributed by atoms with Gasteiger partial charge in [-0.3, -0.25) is 0 Å². The first-order valence-corrected chi connectivity index (χ1v) is 6.68. The van der Waals surface area contributed by atoms with Gasteiger partial charge in [0.1, 0.15) is 0 Å². The molecule has 1 aromatic carbocycles. The highest BCUT2D eigenvalue weighted by molar-refractivity contribution is 5.56. The van der Waals surface area contributed by atoms with E-state index >= 15 is 0 Å². The number of aryl methyl sites for hydroxylation is 1. The molecule has 2 heteroatoms. The Balaban J connectivity index is 2.38. The van der Waals surface area contributed by atoms with E-state index in [0.717, 1.165) is 19.4 Å². The number of nitrogens with two attached hydrogens (primary N) is 1.